The van der Waals surface area contributed by atoms with Crippen molar-refractivity contribution in [2.45, 2.75) is 39.5 Å². The minimum Gasteiger partial charge on any atom is -0.494 e. The molecule has 0 saturated carbocycles. The van der Waals surface area contributed by atoms with E-state index < -0.39 is 0 Å². The van der Waals surface area contributed by atoms with Crippen LogP contribution in [0.1, 0.15) is 48.5 Å². The summed E-state index contributed by atoms with van der Waals surface area (Å²) in [6.07, 6.45) is 4.21. The highest BCUT2D eigenvalue weighted by Crippen LogP contribution is 2.37. The SMILES string of the molecule is CCCCCOc1ccc(C(=O)N(CCCN(C)C)c2nc3c(OC)ccc(C)c3s2)cc1.Cl. The first-order valence-electron chi connectivity index (χ1n) is 11.6. The number of halogens is 1. The van der Waals surface area contributed by atoms with E-state index in [2.05, 4.69) is 18.7 Å². The predicted octanol–water partition coefficient (Wildman–Crippen LogP) is 6.20. The molecule has 1 aromatic heterocycles. The quantitative estimate of drug-likeness (QED) is 0.274. The van der Waals surface area contributed by atoms with Crippen LogP contribution in [0.15, 0.2) is 36.4 Å². The molecular formula is C26H36ClN3O3S. The Morgan fingerprint density at radius 3 is 2.41 bits per heavy atom. The molecular weight excluding hydrogens is 470 g/mol. The van der Waals surface area contributed by atoms with Gasteiger partial charge in [-0.05, 0) is 76.3 Å². The van der Waals surface area contributed by atoms with E-state index in [0.717, 1.165) is 59.5 Å². The van der Waals surface area contributed by atoms with Crippen molar-refractivity contribution in [2.24, 2.45) is 0 Å². The number of nitrogens with zero attached hydrogens (tertiary/aromatic N) is 3. The lowest BCUT2D eigenvalue weighted by Gasteiger charge is -2.21. The third-order valence-electron chi connectivity index (χ3n) is 5.49. The molecule has 3 aromatic rings. The Hall–Kier alpha value is -2.35. The van der Waals surface area contributed by atoms with Crippen LogP contribution in [0.2, 0.25) is 0 Å². The molecule has 0 unspecified atom stereocenters. The molecule has 0 aliphatic carbocycles. The third kappa shape index (κ3) is 7.08. The first-order chi connectivity index (χ1) is 15.9. The molecule has 34 heavy (non-hydrogen) atoms. The number of methoxy groups -OCH3 is 1. The number of hydrogen-bond acceptors (Lipinski definition) is 6. The van der Waals surface area contributed by atoms with Gasteiger partial charge in [0.05, 0.1) is 18.4 Å². The van der Waals surface area contributed by atoms with E-state index in [1.165, 1.54) is 11.3 Å². The molecule has 0 bridgehead atoms. The fourth-order valence-corrected chi connectivity index (χ4v) is 4.68. The number of thiazole rings is 1. The lowest BCUT2D eigenvalue weighted by Crippen LogP contribution is -2.33. The van der Waals surface area contributed by atoms with Gasteiger partial charge in [0, 0.05) is 12.1 Å². The Labute approximate surface area is 213 Å². The Kier molecular flexibility index (Phi) is 11.1. The van der Waals surface area contributed by atoms with Crippen LogP contribution in [-0.4, -0.2) is 56.7 Å². The van der Waals surface area contributed by atoms with Crippen LogP contribution in [0.4, 0.5) is 5.13 Å². The summed E-state index contributed by atoms with van der Waals surface area (Å²) in [6, 6.07) is 11.4. The van der Waals surface area contributed by atoms with E-state index in [4.69, 9.17) is 14.5 Å². The number of hydrogen-bond donors (Lipinski definition) is 0. The van der Waals surface area contributed by atoms with E-state index in [1.807, 2.05) is 50.5 Å². The third-order valence-corrected chi connectivity index (χ3v) is 6.71. The van der Waals surface area contributed by atoms with Crippen molar-refractivity contribution in [1.82, 2.24) is 9.88 Å². The van der Waals surface area contributed by atoms with Crippen LogP contribution in [0.5, 0.6) is 11.5 Å². The van der Waals surface area contributed by atoms with Crippen LogP contribution in [0.25, 0.3) is 10.2 Å². The number of aryl methyl sites for hydroxylation is 1. The number of aromatic nitrogens is 1. The van der Waals surface area contributed by atoms with E-state index in [1.54, 1.807) is 12.0 Å². The first-order valence-corrected chi connectivity index (χ1v) is 12.4. The van der Waals surface area contributed by atoms with Crippen molar-refractivity contribution < 1.29 is 14.3 Å². The highest BCUT2D eigenvalue weighted by atomic mass is 35.5. The minimum absolute atomic E-state index is 0. The number of rotatable bonds is 12. The molecule has 2 aromatic carbocycles. The van der Waals surface area contributed by atoms with Crippen LogP contribution >= 0.6 is 23.7 Å². The van der Waals surface area contributed by atoms with Gasteiger partial charge in [-0.15, -0.1) is 12.4 Å². The van der Waals surface area contributed by atoms with Gasteiger partial charge >= 0.3 is 0 Å². The Morgan fingerprint density at radius 1 is 1.03 bits per heavy atom. The summed E-state index contributed by atoms with van der Waals surface area (Å²) in [6.45, 7) is 6.41. The Balaban J connectivity index is 0.00000408. The van der Waals surface area contributed by atoms with Crippen molar-refractivity contribution in [3.63, 3.8) is 0 Å². The largest absolute Gasteiger partial charge is 0.494 e. The van der Waals surface area contributed by atoms with Gasteiger partial charge in [0.25, 0.3) is 5.91 Å². The molecule has 0 fully saturated rings. The van der Waals surface area contributed by atoms with Gasteiger partial charge < -0.3 is 14.4 Å². The number of ether oxygens (including phenoxy) is 2. The minimum atomic E-state index is -0.0537. The fraction of sp³-hybridized carbons (Fsp3) is 0.462. The molecule has 0 spiro atoms. The molecule has 186 valence electrons. The predicted molar refractivity (Wildman–Crippen MR) is 144 cm³/mol. The molecule has 3 rings (SSSR count). The molecule has 8 heteroatoms. The summed E-state index contributed by atoms with van der Waals surface area (Å²) in [5, 5.41) is 0.696. The van der Waals surface area contributed by atoms with Gasteiger partial charge in [-0.25, -0.2) is 4.98 Å². The van der Waals surface area contributed by atoms with E-state index >= 15 is 0 Å². The number of unbranched alkanes of at least 4 members (excludes halogenated alkanes) is 2. The summed E-state index contributed by atoms with van der Waals surface area (Å²) in [5.74, 6) is 1.47. The van der Waals surface area contributed by atoms with E-state index in [9.17, 15) is 4.79 Å². The number of amides is 1. The average molecular weight is 506 g/mol. The maximum absolute atomic E-state index is 13.6. The number of carbonyl (C=O) groups is 1. The van der Waals surface area contributed by atoms with Crippen LogP contribution < -0.4 is 14.4 Å². The maximum Gasteiger partial charge on any atom is 0.260 e. The number of carbonyl (C=O) groups excluding carboxylic acids is 1. The Morgan fingerprint density at radius 2 is 1.76 bits per heavy atom. The van der Waals surface area contributed by atoms with E-state index in [-0.39, 0.29) is 18.3 Å². The second-order valence-corrected chi connectivity index (χ2v) is 9.43. The highest BCUT2D eigenvalue weighted by molar-refractivity contribution is 7.22. The molecule has 0 N–H and O–H groups in total. The monoisotopic (exact) mass is 505 g/mol. The van der Waals surface area contributed by atoms with Gasteiger partial charge in [-0.3, -0.25) is 9.69 Å². The van der Waals surface area contributed by atoms with Gasteiger partial charge in [-0.2, -0.15) is 0 Å². The normalized spacial score (nSPS) is 10.9. The van der Waals surface area contributed by atoms with Crippen molar-refractivity contribution in [3.05, 3.63) is 47.5 Å². The molecule has 0 aliphatic heterocycles. The zero-order valence-electron chi connectivity index (χ0n) is 20.8. The van der Waals surface area contributed by atoms with Gasteiger partial charge in [0.1, 0.15) is 17.0 Å². The second-order valence-electron chi connectivity index (χ2n) is 8.45. The van der Waals surface area contributed by atoms with Gasteiger partial charge in [0.15, 0.2) is 5.13 Å². The number of benzene rings is 2. The smallest absolute Gasteiger partial charge is 0.260 e. The topological polar surface area (TPSA) is 54.9 Å². The first kappa shape index (κ1) is 27.9. The highest BCUT2D eigenvalue weighted by Gasteiger charge is 2.23. The van der Waals surface area contributed by atoms with Crippen molar-refractivity contribution in [3.8, 4) is 11.5 Å². The summed E-state index contributed by atoms with van der Waals surface area (Å²) in [4.78, 5) is 22.3. The average Bonchev–Trinajstić information content (AvgIpc) is 3.26. The van der Waals surface area contributed by atoms with Gasteiger partial charge in [0.2, 0.25) is 0 Å². The zero-order valence-corrected chi connectivity index (χ0v) is 22.4. The number of anilines is 1. The second kappa shape index (κ2) is 13.5. The molecule has 1 heterocycles. The molecule has 1 amide bonds. The van der Waals surface area contributed by atoms with Crippen molar-refractivity contribution in [1.29, 1.82) is 0 Å². The van der Waals surface area contributed by atoms with Crippen LogP contribution in [-0.2, 0) is 0 Å². The fourth-order valence-electron chi connectivity index (χ4n) is 3.60. The molecule has 0 aliphatic rings. The van der Waals surface area contributed by atoms with Crippen LogP contribution in [0.3, 0.4) is 0 Å². The summed E-state index contributed by atoms with van der Waals surface area (Å²) >= 11 is 1.54. The van der Waals surface area contributed by atoms with Gasteiger partial charge in [-0.1, -0.05) is 37.2 Å². The number of fused-ring (bicyclic) bond motifs is 1. The molecule has 0 atom stereocenters. The maximum atomic E-state index is 13.6. The van der Waals surface area contributed by atoms with E-state index in [0.29, 0.717) is 23.8 Å². The lowest BCUT2D eigenvalue weighted by atomic mass is 10.2. The standard InChI is InChI=1S/C26H35N3O3S.ClH/c1-6-7-8-18-32-21-13-11-20(12-14-21)25(30)29(17-9-16-28(3)4)26-27-23-22(31-5)15-10-19(2)24(23)33-26;/h10-15H,6-9,16-18H2,1-5H3;1H. The zero-order chi connectivity index (χ0) is 23.8. The molecule has 0 radical (unpaired) electrons. The summed E-state index contributed by atoms with van der Waals surface area (Å²) in [7, 11) is 5.73. The molecule has 0 saturated heterocycles. The van der Waals surface area contributed by atoms with Crippen molar-refractivity contribution >= 4 is 45.0 Å². The summed E-state index contributed by atoms with van der Waals surface area (Å²) in [5.41, 5.74) is 2.56. The van der Waals surface area contributed by atoms with Crippen LogP contribution in [0, 0.1) is 6.92 Å². The Bertz CT molecular complexity index is 1050. The molecule has 6 nitrogen and oxygen atoms in total. The lowest BCUT2D eigenvalue weighted by molar-refractivity contribution is 0.0986. The summed E-state index contributed by atoms with van der Waals surface area (Å²) < 4.78 is 12.4. The van der Waals surface area contributed by atoms with Crippen molar-refractivity contribution in [2.75, 3.05) is 45.8 Å².